The standard InChI is InChI=1S/C5H12N2O.2ClH/c6-7-5-2-1-3-8-4-5;;/h5,7H,1-4,6H2;2*1H. The molecule has 0 radical (unpaired) electrons. The first-order chi connectivity index (χ1) is 3.93. The SMILES string of the molecule is Cl.Cl.NNC1CCCOC1. The van der Waals surface area contributed by atoms with Crippen LogP contribution in [-0.2, 0) is 4.74 Å². The van der Waals surface area contributed by atoms with Crippen LogP contribution < -0.4 is 11.3 Å². The van der Waals surface area contributed by atoms with Crippen molar-refractivity contribution < 1.29 is 4.74 Å². The van der Waals surface area contributed by atoms with E-state index in [-0.39, 0.29) is 24.8 Å². The van der Waals surface area contributed by atoms with Crippen LogP contribution in [0.3, 0.4) is 0 Å². The van der Waals surface area contributed by atoms with Crippen molar-refractivity contribution in [2.75, 3.05) is 13.2 Å². The lowest BCUT2D eigenvalue weighted by atomic mass is 10.1. The first-order valence-electron chi connectivity index (χ1n) is 2.97. The van der Waals surface area contributed by atoms with Gasteiger partial charge >= 0.3 is 0 Å². The van der Waals surface area contributed by atoms with E-state index in [1.165, 1.54) is 0 Å². The Morgan fingerprint density at radius 2 is 2.10 bits per heavy atom. The van der Waals surface area contributed by atoms with Gasteiger partial charge in [-0.1, -0.05) is 0 Å². The second-order valence-corrected chi connectivity index (χ2v) is 2.08. The topological polar surface area (TPSA) is 47.3 Å². The summed E-state index contributed by atoms with van der Waals surface area (Å²) in [6.07, 6.45) is 2.28. The predicted molar refractivity (Wildman–Crippen MR) is 45.7 cm³/mol. The zero-order valence-electron chi connectivity index (χ0n) is 5.71. The van der Waals surface area contributed by atoms with Crippen molar-refractivity contribution in [2.45, 2.75) is 18.9 Å². The summed E-state index contributed by atoms with van der Waals surface area (Å²) in [4.78, 5) is 0. The molecule has 1 aliphatic rings. The molecule has 0 aromatic heterocycles. The average molecular weight is 189 g/mol. The van der Waals surface area contributed by atoms with Gasteiger partial charge in [-0.15, -0.1) is 24.8 Å². The van der Waals surface area contributed by atoms with Crippen molar-refractivity contribution in [3.8, 4) is 0 Å². The number of ether oxygens (including phenoxy) is 1. The van der Waals surface area contributed by atoms with E-state index in [9.17, 15) is 0 Å². The van der Waals surface area contributed by atoms with Gasteiger partial charge in [0.05, 0.1) is 6.61 Å². The van der Waals surface area contributed by atoms with Gasteiger partial charge in [-0.2, -0.15) is 0 Å². The zero-order chi connectivity index (χ0) is 5.82. The van der Waals surface area contributed by atoms with Gasteiger partial charge in [0.25, 0.3) is 0 Å². The van der Waals surface area contributed by atoms with Crippen molar-refractivity contribution in [1.29, 1.82) is 0 Å². The van der Waals surface area contributed by atoms with E-state index in [4.69, 9.17) is 10.6 Å². The fourth-order valence-electron chi connectivity index (χ4n) is 0.872. The van der Waals surface area contributed by atoms with Gasteiger partial charge in [0.1, 0.15) is 0 Å². The molecule has 3 N–H and O–H groups in total. The van der Waals surface area contributed by atoms with Gasteiger partial charge < -0.3 is 4.74 Å². The molecule has 1 atom stereocenters. The monoisotopic (exact) mass is 188 g/mol. The third-order valence-electron chi connectivity index (χ3n) is 1.40. The maximum atomic E-state index is 5.17. The molecule has 1 unspecified atom stereocenters. The van der Waals surface area contributed by atoms with Gasteiger partial charge in [0, 0.05) is 12.6 Å². The molecule has 0 aromatic carbocycles. The van der Waals surface area contributed by atoms with Crippen LogP contribution in [0.15, 0.2) is 0 Å². The summed E-state index contributed by atoms with van der Waals surface area (Å²) in [7, 11) is 0. The van der Waals surface area contributed by atoms with Gasteiger partial charge in [-0.25, -0.2) is 0 Å². The van der Waals surface area contributed by atoms with E-state index < -0.39 is 0 Å². The summed E-state index contributed by atoms with van der Waals surface area (Å²) in [5.74, 6) is 5.17. The van der Waals surface area contributed by atoms with Crippen LogP contribution in [-0.4, -0.2) is 19.3 Å². The molecule has 10 heavy (non-hydrogen) atoms. The van der Waals surface area contributed by atoms with E-state index in [1.54, 1.807) is 0 Å². The molecule has 1 aliphatic heterocycles. The summed E-state index contributed by atoms with van der Waals surface area (Å²) in [6, 6.07) is 0.392. The molecule has 3 nitrogen and oxygen atoms in total. The molecule has 1 rings (SSSR count). The number of hydrogen-bond donors (Lipinski definition) is 2. The molecule has 0 bridgehead atoms. The van der Waals surface area contributed by atoms with Gasteiger partial charge in [-0.05, 0) is 12.8 Å². The quantitative estimate of drug-likeness (QED) is 0.465. The van der Waals surface area contributed by atoms with Crippen LogP contribution in [0.2, 0.25) is 0 Å². The van der Waals surface area contributed by atoms with Crippen molar-refractivity contribution in [2.24, 2.45) is 5.84 Å². The fraction of sp³-hybridized carbons (Fsp3) is 1.00. The Hall–Kier alpha value is 0.460. The van der Waals surface area contributed by atoms with Crippen LogP contribution >= 0.6 is 24.8 Å². The Balaban J connectivity index is 0. The van der Waals surface area contributed by atoms with E-state index in [2.05, 4.69) is 5.43 Å². The Morgan fingerprint density at radius 1 is 1.40 bits per heavy atom. The zero-order valence-corrected chi connectivity index (χ0v) is 7.34. The normalized spacial score (nSPS) is 24.3. The molecule has 0 spiro atoms. The summed E-state index contributed by atoms with van der Waals surface area (Å²) in [6.45, 7) is 1.68. The Morgan fingerprint density at radius 3 is 2.40 bits per heavy atom. The molecule has 0 amide bonds. The Labute approximate surface area is 73.5 Å². The van der Waals surface area contributed by atoms with Crippen LogP contribution in [0.5, 0.6) is 0 Å². The fourth-order valence-corrected chi connectivity index (χ4v) is 0.872. The molecular formula is C5H14Cl2N2O. The minimum atomic E-state index is 0. The second kappa shape index (κ2) is 7.57. The van der Waals surface area contributed by atoms with Crippen molar-refractivity contribution in [3.05, 3.63) is 0 Å². The highest BCUT2D eigenvalue weighted by molar-refractivity contribution is 5.85. The highest BCUT2D eigenvalue weighted by Gasteiger charge is 2.10. The highest BCUT2D eigenvalue weighted by Crippen LogP contribution is 2.03. The molecular weight excluding hydrogens is 175 g/mol. The third kappa shape index (κ3) is 4.30. The van der Waals surface area contributed by atoms with Crippen molar-refractivity contribution in [3.63, 3.8) is 0 Å². The van der Waals surface area contributed by atoms with E-state index in [0.717, 1.165) is 26.1 Å². The van der Waals surface area contributed by atoms with Gasteiger partial charge in [0.2, 0.25) is 0 Å². The van der Waals surface area contributed by atoms with Crippen LogP contribution in [0.25, 0.3) is 0 Å². The molecule has 1 fully saturated rings. The number of hydrazine groups is 1. The number of halogens is 2. The number of rotatable bonds is 1. The molecule has 1 saturated heterocycles. The Kier molecular flexibility index (Phi) is 9.90. The van der Waals surface area contributed by atoms with E-state index in [1.807, 2.05) is 0 Å². The first-order valence-corrected chi connectivity index (χ1v) is 2.97. The minimum absolute atomic E-state index is 0. The summed E-state index contributed by atoms with van der Waals surface area (Å²) >= 11 is 0. The number of nitrogens with two attached hydrogens (primary N) is 1. The minimum Gasteiger partial charge on any atom is -0.380 e. The van der Waals surface area contributed by atoms with Gasteiger partial charge in [-0.3, -0.25) is 11.3 Å². The van der Waals surface area contributed by atoms with Gasteiger partial charge in [0.15, 0.2) is 0 Å². The van der Waals surface area contributed by atoms with E-state index in [0.29, 0.717) is 6.04 Å². The molecule has 0 aromatic rings. The lowest BCUT2D eigenvalue weighted by Crippen LogP contribution is -2.40. The molecule has 64 valence electrons. The van der Waals surface area contributed by atoms with Crippen molar-refractivity contribution >= 4 is 24.8 Å². The van der Waals surface area contributed by atoms with Crippen LogP contribution in [0.1, 0.15) is 12.8 Å². The molecule has 5 heteroatoms. The van der Waals surface area contributed by atoms with E-state index >= 15 is 0 Å². The number of hydrogen-bond acceptors (Lipinski definition) is 3. The van der Waals surface area contributed by atoms with Crippen LogP contribution in [0, 0.1) is 0 Å². The second-order valence-electron chi connectivity index (χ2n) is 2.08. The lowest BCUT2D eigenvalue weighted by molar-refractivity contribution is 0.0706. The highest BCUT2D eigenvalue weighted by atomic mass is 35.5. The number of nitrogens with one attached hydrogen (secondary N) is 1. The summed E-state index contributed by atoms with van der Waals surface area (Å²) in [5.41, 5.74) is 2.68. The third-order valence-corrected chi connectivity index (χ3v) is 1.40. The summed E-state index contributed by atoms with van der Waals surface area (Å²) in [5, 5.41) is 0. The average Bonchev–Trinajstić information content (AvgIpc) is 1.90. The molecule has 1 heterocycles. The lowest BCUT2D eigenvalue weighted by Gasteiger charge is -2.20. The maximum absolute atomic E-state index is 5.17. The molecule has 0 saturated carbocycles. The Bertz CT molecular complexity index is 68.7. The maximum Gasteiger partial charge on any atom is 0.0633 e. The largest absolute Gasteiger partial charge is 0.380 e. The van der Waals surface area contributed by atoms with Crippen molar-refractivity contribution in [1.82, 2.24) is 5.43 Å². The predicted octanol–water partition coefficient (Wildman–Crippen LogP) is 0.472. The smallest absolute Gasteiger partial charge is 0.0633 e. The molecule has 0 aliphatic carbocycles. The summed E-state index contributed by atoms with van der Waals surface area (Å²) < 4.78 is 5.13. The van der Waals surface area contributed by atoms with Crippen LogP contribution in [0.4, 0.5) is 0 Å². The first kappa shape index (κ1) is 13.1.